The second-order valence-electron chi connectivity index (χ2n) is 2.23. The van der Waals surface area contributed by atoms with Crippen LogP contribution in [0, 0.1) is 0 Å². The summed E-state index contributed by atoms with van der Waals surface area (Å²) in [6.45, 7) is 1.20. The third-order valence-corrected chi connectivity index (χ3v) is 1.33. The molecule has 0 N–H and O–H groups in total. The zero-order valence-electron chi connectivity index (χ0n) is 6.13. The summed E-state index contributed by atoms with van der Waals surface area (Å²) >= 11 is 4.10. The van der Waals surface area contributed by atoms with Crippen LogP contribution in [0.5, 0.6) is 0 Å². The van der Waals surface area contributed by atoms with E-state index in [1.807, 2.05) is 0 Å². The van der Waals surface area contributed by atoms with Crippen LogP contribution in [0.4, 0.5) is 0 Å². The Hall–Kier alpha value is 0.600. The fraction of sp³-hybridized carbons (Fsp3) is 1.00. The summed E-state index contributed by atoms with van der Waals surface area (Å²) in [5, 5.41) is 0. The van der Waals surface area contributed by atoms with Crippen molar-refractivity contribution in [1.82, 2.24) is 4.90 Å². The lowest BCUT2D eigenvalue weighted by Crippen LogP contribution is -2.12. The summed E-state index contributed by atoms with van der Waals surface area (Å²) < 4.78 is 0. The van der Waals surface area contributed by atoms with Gasteiger partial charge in [-0.1, -0.05) is 0 Å². The molecule has 1 nitrogen and oxygen atoms in total. The van der Waals surface area contributed by atoms with Gasteiger partial charge < -0.3 is 4.90 Å². The van der Waals surface area contributed by atoms with Crippen molar-refractivity contribution < 1.29 is 0 Å². The van der Waals surface area contributed by atoms with Crippen molar-refractivity contribution in [3.63, 3.8) is 0 Å². The van der Waals surface area contributed by atoms with E-state index in [0.717, 1.165) is 5.75 Å². The highest BCUT2D eigenvalue weighted by Crippen LogP contribution is 1.91. The third-order valence-electron chi connectivity index (χ3n) is 1.01. The molecule has 0 radical (unpaired) electrons. The molecule has 0 unspecified atom stereocenters. The van der Waals surface area contributed by atoms with Crippen LogP contribution in [0.1, 0.15) is 12.8 Å². The minimum atomic E-state index is 0. The molecule has 0 aliphatic carbocycles. The quantitative estimate of drug-likeness (QED) is 0.495. The van der Waals surface area contributed by atoms with Crippen LogP contribution in [-0.2, 0) is 0 Å². The van der Waals surface area contributed by atoms with E-state index in [1.54, 1.807) is 0 Å². The number of thiol groups is 1. The van der Waals surface area contributed by atoms with E-state index >= 15 is 0 Å². The van der Waals surface area contributed by atoms with Crippen molar-refractivity contribution in [3.8, 4) is 0 Å². The zero-order valence-corrected chi connectivity index (χ0v) is 7.84. The third kappa shape index (κ3) is 11.9. The maximum absolute atomic E-state index is 4.10. The number of unbranched alkanes of at least 4 members (excludes halogenated alkanes) is 1. The molecule has 0 saturated heterocycles. The Kier molecular flexibility index (Phi) is 11.7. The molecule has 0 spiro atoms. The normalized spacial score (nSPS) is 9.33. The van der Waals surface area contributed by atoms with Gasteiger partial charge in [0.25, 0.3) is 0 Å². The molecule has 0 atom stereocenters. The predicted octanol–water partition coefficient (Wildman–Crippen LogP) is 1.68. The molecule has 0 heterocycles. The Morgan fingerprint density at radius 1 is 1.22 bits per heavy atom. The molecule has 0 aromatic heterocycles. The highest BCUT2D eigenvalue weighted by atomic mass is 35.5. The molecule has 0 saturated carbocycles. The van der Waals surface area contributed by atoms with Gasteiger partial charge in [0, 0.05) is 0 Å². The predicted molar refractivity (Wildman–Crippen MR) is 48.9 cm³/mol. The Morgan fingerprint density at radius 2 is 1.78 bits per heavy atom. The number of hydrogen-bond donors (Lipinski definition) is 1. The first-order chi connectivity index (χ1) is 3.77. The van der Waals surface area contributed by atoms with Gasteiger partial charge in [0.05, 0.1) is 0 Å². The van der Waals surface area contributed by atoms with Crippen LogP contribution in [0.15, 0.2) is 0 Å². The van der Waals surface area contributed by atoms with Crippen molar-refractivity contribution >= 4 is 25.0 Å². The van der Waals surface area contributed by atoms with Gasteiger partial charge >= 0.3 is 0 Å². The maximum Gasteiger partial charge on any atom is -0.00245 e. The SMILES string of the molecule is CN(C)CCCCS.Cl. The molecule has 58 valence electrons. The maximum atomic E-state index is 4.10. The molecular formula is C6H16ClNS. The Labute approximate surface area is 69.6 Å². The molecule has 0 aromatic carbocycles. The van der Waals surface area contributed by atoms with Gasteiger partial charge in [0.1, 0.15) is 0 Å². The Morgan fingerprint density at radius 3 is 2.11 bits per heavy atom. The van der Waals surface area contributed by atoms with Gasteiger partial charge in [-0.2, -0.15) is 12.6 Å². The molecule has 0 amide bonds. The highest BCUT2D eigenvalue weighted by molar-refractivity contribution is 7.80. The lowest BCUT2D eigenvalue weighted by Gasteiger charge is -2.06. The van der Waals surface area contributed by atoms with E-state index in [4.69, 9.17) is 0 Å². The fourth-order valence-electron chi connectivity index (χ4n) is 0.540. The molecule has 0 aliphatic heterocycles. The topological polar surface area (TPSA) is 3.24 Å². The summed E-state index contributed by atoms with van der Waals surface area (Å²) in [6.07, 6.45) is 2.51. The largest absolute Gasteiger partial charge is 0.309 e. The van der Waals surface area contributed by atoms with Gasteiger partial charge in [-0.05, 0) is 39.2 Å². The van der Waals surface area contributed by atoms with Crippen molar-refractivity contribution in [2.24, 2.45) is 0 Å². The smallest absolute Gasteiger partial charge is 0.00245 e. The number of nitrogens with zero attached hydrogens (tertiary/aromatic N) is 1. The Bertz CT molecular complexity index is 50.3. The zero-order chi connectivity index (χ0) is 6.41. The second-order valence-corrected chi connectivity index (χ2v) is 2.68. The standard InChI is InChI=1S/C6H15NS.ClH/c1-7(2)5-3-4-6-8;/h8H,3-6H2,1-2H3;1H. The van der Waals surface area contributed by atoms with Crippen LogP contribution in [0.2, 0.25) is 0 Å². The van der Waals surface area contributed by atoms with E-state index in [0.29, 0.717) is 0 Å². The van der Waals surface area contributed by atoms with Crippen LogP contribution < -0.4 is 0 Å². The summed E-state index contributed by atoms with van der Waals surface area (Å²) in [5.74, 6) is 1.02. The van der Waals surface area contributed by atoms with E-state index in [-0.39, 0.29) is 12.4 Å². The van der Waals surface area contributed by atoms with Crippen molar-refractivity contribution in [2.75, 3.05) is 26.4 Å². The van der Waals surface area contributed by atoms with E-state index in [1.165, 1.54) is 19.4 Å². The van der Waals surface area contributed by atoms with Crippen LogP contribution in [0.3, 0.4) is 0 Å². The number of halogens is 1. The van der Waals surface area contributed by atoms with E-state index in [9.17, 15) is 0 Å². The summed E-state index contributed by atoms with van der Waals surface area (Å²) in [5.41, 5.74) is 0. The number of rotatable bonds is 4. The molecule has 9 heavy (non-hydrogen) atoms. The minimum absolute atomic E-state index is 0. The van der Waals surface area contributed by atoms with Crippen molar-refractivity contribution in [2.45, 2.75) is 12.8 Å². The molecule has 3 heteroatoms. The second kappa shape index (κ2) is 8.60. The first kappa shape index (κ1) is 12.3. The lowest BCUT2D eigenvalue weighted by atomic mass is 10.3. The van der Waals surface area contributed by atoms with Gasteiger partial charge in [0.2, 0.25) is 0 Å². The highest BCUT2D eigenvalue weighted by Gasteiger charge is 1.86. The van der Waals surface area contributed by atoms with E-state index in [2.05, 4.69) is 31.6 Å². The average Bonchev–Trinajstić information content (AvgIpc) is 1.66. The molecule has 0 bridgehead atoms. The number of hydrogen-bond acceptors (Lipinski definition) is 2. The fourth-order valence-corrected chi connectivity index (χ4v) is 0.763. The van der Waals surface area contributed by atoms with Crippen LogP contribution >= 0.6 is 25.0 Å². The van der Waals surface area contributed by atoms with Gasteiger partial charge in [-0.3, -0.25) is 0 Å². The van der Waals surface area contributed by atoms with Crippen molar-refractivity contribution in [1.29, 1.82) is 0 Å². The summed E-state index contributed by atoms with van der Waals surface area (Å²) in [6, 6.07) is 0. The van der Waals surface area contributed by atoms with Gasteiger partial charge in [-0.25, -0.2) is 0 Å². The summed E-state index contributed by atoms with van der Waals surface area (Å²) in [7, 11) is 4.19. The molecule has 0 aromatic rings. The minimum Gasteiger partial charge on any atom is -0.309 e. The van der Waals surface area contributed by atoms with Gasteiger partial charge in [0.15, 0.2) is 0 Å². The Balaban J connectivity index is 0. The first-order valence-electron chi connectivity index (χ1n) is 3.03. The lowest BCUT2D eigenvalue weighted by molar-refractivity contribution is 0.399. The first-order valence-corrected chi connectivity index (χ1v) is 3.66. The van der Waals surface area contributed by atoms with E-state index < -0.39 is 0 Å². The van der Waals surface area contributed by atoms with Crippen molar-refractivity contribution in [3.05, 3.63) is 0 Å². The van der Waals surface area contributed by atoms with Crippen LogP contribution in [0.25, 0.3) is 0 Å². The summed E-state index contributed by atoms with van der Waals surface area (Å²) in [4.78, 5) is 2.20. The molecular weight excluding hydrogens is 154 g/mol. The molecule has 0 aliphatic rings. The molecule has 0 fully saturated rings. The average molecular weight is 170 g/mol. The van der Waals surface area contributed by atoms with Crippen LogP contribution in [-0.4, -0.2) is 31.3 Å². The van der Waals surface area contributed by atoms with Gasteiger partial charge in [-0.15, -0.1) is 12.4 Å². The molecule has 0 rings (SSSR count). The monoisotopic (exact) mass is 169 g/mol.